The van der Waals surface area contributed by atoms with Crippen LogP contribution in [0.4, 0.5) is 20.3 Å². The zero-order valence-electron chi connectivity index (χ0n) is 9.04. The van der Waals surface area contributed by atoms with Crippen molar-refractivity contribution in [3.8, 4) is 5.88 Å². The molecule has 90 valence electrons. The zero-order chi connectivity index (χ0) is 12.0. The van der Waals surface area contributed by atoms with E-state index in [1.54, 1.807) is 6.07 Å². The molecule has 16 heavy (non-hydrogen) atoms. The predicted molar refractivity (Wildman–Crippen MR) is 58.9 cm³/mol. The monoisotopic (exact) mass is 231 g/mol. The Morgan fingerprint density at radius 1 is 1.50 bits per heavy atom. The zero-order valence-corrected chi connectivity index (χ0v) is 9.04. The second kappa shape index (κ2) is 6.09. The van der Waals surface area contributed by atoms with Crippen molar-refractivity contribution in [2.24, 2.45) is 0 Å². The van der Waals surface area contributed by atoms with Gasteiger partial charge in [-0.3, -0.25) is 0 Å². The van der Waals surface area contributed by atoms with Crippen LogP contribution in [0.5, 0.6) is 5.88 Å². The van der Waals surface area contributed by atoms with Gasteiger partial charge in [-0.15, -0.1) is 0 Å². The van der Waals surface area contributed by atoms with E-state index in [1.165, 1.54) is 6.07 Å². The summed E-state index contributed by atoms with van der Waals surface area (Å²) >= 11 is 0. The van der Waals surface area contributed by atoms with Crippen molar-refractivity contribution in [3.05, 3.63) is 12.1 Å². The van der Waals surface area contributed by atoms with Crippen molar-refractivity contribution in [2.45, 2.75) is 19.8 Å². The van der Waals surface area contributed by atoms with Gasteiger partial charge in [-0.05, 0) is 18.6 Å². The highest BCUT2D eigenvalue weighted by molar-refractivity contribution is 5.53. The lowest BCUT2D eigenvalue weighted by molar-refractivity contribution is 0.163. The number of anilines is 2. The molecule has 0 unspecified atom stereocenters. The first-order chi connectivity index (χ1) is 7.63. The van der Waals surface area contributed by atoms with Crippen LogP contribution >= 0.6 is 0 Å². The number of nitrogen functional groups attached to an aromatic ring is 1. The van der Waals surface area contributed by atoms with E-state index < -0.39 is 13.0 Å². The summed E-state index contributed by atoms with van der Waals surface area (Å²) < 4.78 is 29.2. The Labute approximate surface area is 92.8 Å². The third-order valence-electron chi connectivity index (χ3n) is 1.77. The molecule has 0 spiro atoms. The number of aromatic nitrogens is 1. The van der Waals surface area contributed by atoms with Crippen LogP contribution in [0.25, 0.3) is 0 Å². The highest BCUT2D eigenvalue weighted by Crippen LogP contribution is 2.20. The van der Waals surface area contributed by atoms with Crippen LogP contribution < -0.4 is 15.8 Å². The van der Waals surface area contributed by atoms with E-state index in [4.69, 9.17) is 10.5 Å². The number of rotatable bonds is 6. The average Bonchev–Trinajstić information content (AvgIpc) is 2.26. The number of nitrogens with zero attached hydrogens (tertiary/aromatic N) is 1. The number of pyridine rings is 1. The molecule has 4 nitrogen and oxygen atoms in total. The Morgan fingerprint density at radius 2 is 2.25 bits per heavy atom. The van der Waals surface area contributed by atoms with Gasteiger partial charge in [0.05, 0.1) is 18.8 Å². The number of ether oxygens (including phenoxy) is 1. The third-order valence-corrected chi connectivity index (χ3v) is 1.77. The SMILES string of the molecule is CCCOc1nc(NCC(F)F)ccc1N. The molecule has 1 rings (SSSR count). The maximum Gasteiger partial charge on any atom is 0.255 e. The molecule has 1 aromatic heterocycles. The minimum Gasteiger partial charge on any atom is -0.476 e. The molecule has 6 heteroatoms. The molecule has 3 N–H and O–H groups in total. The van der Waals surface area contributed by atoms with Crippen LogP contribution in [0.2, 0.25) is 0 Å². The van der Waals surface area contributed by atoms with Crippen LogP contribution in [0.1, 0.15) is 13.3 Å². The Kier molecular flexibility index (Phi) is 4.75. The van der Waals surface area contributed by atoms with E-state index in [-0.39, 0.29) is 5.88 Å². The van der Waals surface area contributed by atoms with Crippen molar-refractivity contribution >= 4 is 11.5 Å². The fraction of sp³-hybridized carbons (Fsp3) is 0.500. The molecular weight excluding hydrogens is 216 g/mol. The van der Waals surface area contributed by atoms with Crippen molar-refractivity contribution in [1.29, 1.82) is 0 Å². The van der Waals surface area contributed by atoms with Crippen LogP contribution in [-0.2, 0) is 0 Å². The van der Waals surface area contributed by atoms with Crippen LogP contribution in [0, 0.1) is 0 Å². The third kappa shape index (κ3) is 3.88. The summed E-state index contributed by atoms with van der Waals surface area (Å²) in [6.07, 6.45) is -1.59. The summed E-state index contributed by atoms with van der Waals surface area (Å²) in [5.41, 5.74) is 6.02. The van der Waals surface area contributed by atoms with E-state index in [0.717, 1.165) is 6.42 Å². The number of alkyl halides is 2. The standard InChI is InChI=1S/C10H15F2N3O/c1-2-5-16-10-7(13)3-4-9(15-10)14-6-8(11)12/h3-4,8H,2,5-6,13H2,1H3,(H,14,15). The Hall–Kier alpha value is -1.59. The number of hydrogen-bond acceptors (Lipinski definition) is 4. The summed E-state index contributed by atoms with van der Waals surface area (Å²) in [4.78, 5) is 3.99. The highest BCUT2D eigenvalue weighted by Gasteiger charge is 2.06. The van der Waals surface area contributed by atoms with E-state index >= 15 is 0 Å². The lowest BCUT2D eigenvalue weighted by Gasteiger charge is -2.09. The predicted octanol–water partition coefficient (Wildman–Crippen LogP) is 2.13. The molecule has 0 aromatic carbocycles. The van der Waals surface area contributed by atoms with E-state index in [1.807, 2.05) is 6.92 Å². The van der Waals surface area contributed by atoms with E-state index in [2.05, 4.69) is 10.3 Å². The normalized spacial score (nSPS) is 10.5. The van der Waals surface area contributed by atoms with E-state index in [0.29, 0.717) is 18.1 Å². The first kappa shape index (κ1) is 12.5. The number of halogens is 2. The molecule has 1 aromatic rings. The summed E-state index contributed by atoms with van der Waals surface area (Å²) in [7, 11) is 0. The fourth-order valence-corrected chi connectivity index (χ4v) is 1.05. The Bertz CT molecular complexity index is 334. The molecular formula is C10H15F2N3O. The molecule has 0 aliphatic rings. The smallest absolute Gasteiger partial charge is 0.255 e. The van der Waals surface area contributed by atoms with Gasteiger partial charge in [0.25, 0.3) is 6.43 Å². The van der Waals surface area contributed by atoms with E-state index in [9.17, 15) is 8.78 Å². The van der Waals surface area contributed by atoms with Crippen LogP contribution in [-0.4, -0.2) is 24.6 Å². The summed E-state index contributed by atoms with van der Waals surface area (Å²) in [6, 6.07) is 3.11. The molecule has 0 saturated carbocycles. The first-order valence-corrected chi connectivity index (χ1v) is 5.04. The Morgan fingerprint density at radius 3 is 2.88 bits per heavy atom. The van der Waals surface area contributed by atoms with Gasteiger partial charge in [0.1, 0.15) is 5.82 Å². The van der Waals surface area contributed by atoms with Crippen molar-refractivity contribution < 1.29 is 13.5 Å². The van der Waals surface area contributed by atoms with Gasteiger partial charge < -0.3 is 15.8 Å². The largest absolute Gasteiger partial charge is 0.476 e. The van der Waals surface area contributed by atoms with Gasteiger partial charge in [0, 0.05) is 0 Å². The highest BCUT2D eigenvalue weighted by atomic mass is 19.3. The molecule has 0 amide bonds. The number of hydrogen-bond donors (Lipinski definition) is 2. The number of nitrogens with two attached hydrogens (primary N) is 1. The summed E-state index contributed by atoms with van der Waals surface area (Å²) in [6.45, 7) is 2.01. The van der Waals surface area contributed by atoms with Gasteiger partial charge in [-0.2, -0.15) is 4.98 Å². The second-order valence-corrected chi connectivity index (χ2v) is 3.21. The Balaban J connectivity index is 2.65. The molecule has 0 aliphatic carbocycles. The minimum atomic E-state index is -2.42. The van der Waals surface area contributed by atoms with Gasteiger partial charge >= 0.3 is 0 Å². The second-order valence-electron chi connectivity index (χ2n) is 3.21. The lowest BCUT2D eigenvalue weighted by atomic mass is 10.4. The van der Waals surface area contributed by atoms with Crippen molar-refractivity contribution in [2.75, 3.05) is 24.2 Å². The maximum absolute atomic E-state index is 12.0. The molecule has 1 heterocycles. The van der Waals surface area contributed by atoms with Crippen molar-refractivity contribution in [1.82, 2.24) is 4.98 Å². The van der Waals surface area contributed by atoms with Crippen molar-refractivity contribution in [3.63, 3.8) is 0 Å². The van der Waals surface area contributed by atoms with Gasteiger partial charge in [-0.1, -0.05) is 6.92 Å². The summed E-state index contributed by atoms with van der Waals surface area (Å²) in [5, 5.41) is 2.49. The molecule has 0 fully saturated rings. The topological polar surface area (TPSA) is 60.2 Å². The average molecular weight is 231 g/mol. The fourth-order valence-electron chi connectivity index (χ4n) is 1.05. The van der Waals surface area contributed by atoms with Gasteiger partial charge in [0.2, 0.25) is 5.88 Å². The first-order valence-electron chi connectivity index (χ1n) is 5.04. The molecule has 0 aliphatic heterocycles. The lowest BCUT2D eigenvalue weighted by Crippen LogP contribution is -2.12. The molecule has 0 atom stereocenters. The molecule has 0 saturated heterocycles. The van der Waals surface area contributed by atoms with Gasteiger partial charge in [-0.25, -0.2) is 8.78 Å². The van der Waals surface area contributed by atoms with Crippen LogP contribution in [0.15, 0.2) is 12.1 Å². The summed E-state index contributed by atoms with van der Waals surface area (Å²) in [5.74, 6) is 0.613. The molecule has 0 radical (unpaired) electrons. The minimum absolute atomic E-state index is 0.279. The quantitative estimate of drug-likeness (QED) is 0.787. The van der Waals surface area contributed by atoms with Crippen LogP contribution in [0.3, 0.4) is 0 Å². The maximum atomic E-state index is 12.0. The molecule has 0 bridgehead atoms. The van der Waals surface area contributed by atoms with Gasteiger partial charge in [0.15, 0.2) is 0 Å². The number of nitrogens with one attached hydrogen (secondary N) is 1.